The first-order chi connectivity index (χ1) is 11.5. The molecule has 3 heterocycles. The van der Waals surface area contributed by atoms with Crippen LogP contribution >= 0.6 is 0 Å². The van der Waals surface area contributed by atoms with Crippen molar-refractivity contribution in [2.24, 2.45) is 5.92 Å². The molecular weight excluding hydrogens is 298 g/mol. The van der Waals surface area contributed by atoms with Crippen molar-refractivity contribution < 1.29 is 4.79 Å². The largest absolute Gasteiger partial charge is 0.300 e. The van der Waals surface area contributed by atoms with E-state index in [0.717, 1.165) is 35.5 Å². The maximum atomic E-state index is 13.1. The molecule has 0 N–H and O–H groups in total. The molecule has 0 saturated carbocycles. The molecule has 126 valence electrons. The molecule has 2 aromatic rings. The minimum absolute atomic E-state index is 0.175. The zero-order chi connectivity index (χ0) is 16.8. The summed E-state index contributed by atoms with van der Waals surface area (Å²) in [6, 6.07) is 11.2. The lowest BCUT2D eigenvalue weighted by molar-refractivity contribution is 0.0767. The number of aromatic nitrogens is 2. The molecule has 24 heavy (non-hydrogen) atoms. The van der Waals surface area contributed by atoms with Crippen LogP contribution in [0, 0.1) is 19.8 Å². The molecule has 2 unspecified atom stereocenters. The monoisotopic (exact) mass is 323 g/mol. The molecule has 4 heteroatoms. The molecule has 2 bridgehead atoms. The number of hydrogen-bond donors (Lipinski definition) is 0. The number of rotatable bonds is 3. The van der Waals surface area contributed by atoms with E-state index in [4.69, 9.17) is 0 Å². The zero-order valence-corrected chi connectivity index (χ0v) is 14.7. The Kier molecular flexibility index (Phi) is 3.80. The standard InChI is InChI=1S/C20H25N3O/c1-13-9-14(2)23(21-13)19-6-4-5-15(10-19)20(24)16-11-17-7-8-18(12-16)22(17)3/h4-6,9-10,16-18H,7-8,11-12H2,1-3H3. The van der Waals surface area contributed by atoms with Gasteiger partial charge in [0.2, 0.25) is 0 Å². The van der Waals surface area contributed by atoms with Crippen LogP contribution in [0.15, 0.2) is 30.3 Å². The lowest BCUT2D eigenvalue weighted by Gasteiger charge is -2.35. The molecule has 0 amide bonds. The predicted molar refractivity (Wildman–Crippen MR) is 94.7 cm³/mol. The van der Waals surface area contributed by atoms with Crippen LogP contribution in [0.1, 0.15) is 47.4 Å². The molecule has 0 aliphatic carbocycles. The van der Waals surface area contributed by atoms with E-state index in [1.807, 2.05) is 42.8 Å². The Bertz CT molecular complexity index is 765. The van der Waals surface area contributed by atoms with Crippen molar-refractivity contribution in [3.05, 3.63) is 47.3 Å². The maximum absolute atomic E-state index is 13.1. The van der Waals surface area contributed by atoms with Crippen LogP contribution in [0.2, 0.25) is 0 Å². The summed E-state index contributed by atoms with van der Waals surface area (Å²) < 4.78 is 1.92. The highest BCUT2D eigenvalue weighted by molar-refractivity contribution is 5.98. The van der Waals surface area contributed by atoms with Crippen molar-refractivity contribution in [3.8, 4) is 5.69 Å². The lowest BCUT2D eigenvalue weighted by Crippen LogP contribution is -2.42. The summed E-state index contributed by atoms with van der Waals surface area (Å²) in [6.45, 7) is 4.04. The van der Waals surface area contributed by atoms with Crippen molar-refractivity contribution in [1.82, 2.24) is 14.7 Å². The molecule has 2 fully saturated rings. The van der Waals surface area contributed by atoms with Crippen molar-refractivity contribution in [2.75, 3.05) is 7.05 Å². The number of fused-ring (bicyclic) bond motifs is 2. The van der Waals surface area contributed by atoms with Crippen LogP contribution < -0.4 is 0 Å². The molecule has 1 aromatic heterocycles. The number of nitrogens with zero attached hydrogens (tertiary/aromatic N) is 3. The van der Waals surface area contributed by atoms with Crippen LogP contribution in [-0.4, -0.2) is 39.6 Å². The van der Waals surface area contributed by atoms with Crippen LogP contribution in [0.5, 0.6) is 0 Å². The van der Waals surface area contributed by atoms with E-state index in [1.54, 1.807) is 0 Å². The fourth-order valence-corrected chi connectivity index (χ4v) is 4.54. The fraction of sp³-hybridized carbons (Fsp3) is 0.500. The number of Topliss-reactive ketones (excluding diaryl/α,β-unsaturated/α-hetero) is 1. The first-order valence-electron chi connectivity index (χ1n) is 8.93. The first-order valence-corrected chi connectivity index (χ1v) is 8.93. The average Bonchev–Trinajstić information content (AvgIpc) is 2.99. The molecule has 1 aromatic carbocycles. The highest BCUT2D eigenvalue weighted by atomic mass is 16.1. The van der Waals surface area contributed by atoms with E-state index >= 15 is 0 Å². The molecule has 2 aliphatic heterocycles. The number of carbonyl (C=O) groups is 1. The van der Waals surface area contributed by atoms with E-state index in [-0.39, 0.29) is 5.92 Å². The van der Waals surface area contributed by atoms with Crippen molar-refractivity contribution in [1.29, 1.82) is 0 Å². The highest BCUT2D eigenvalue weighted by Crippen LogP contribution is 2.38. The molecule has 4 rings (SSSR count). The minimum atomic E-state index is 0.175. The first kappa shape index (κ1) is 15.6. The van der Waals surface area contributed by atoms with E-state index in [9.17, 15) is 4.79 Å². The summed E-state index contributed by atoms with van der Waals surface area (Å²) in [7, 11) is 2.21. The third-order valence-corrected chi connectivity index (χ3v) is 5.85. The minimum Gasteiger partial charge on any atom is -0.300 e. The fourth-order valence-electron chi connectivity index (χ4n) is 4.54. The van der Waals surface area contributed by atoms with Gasteiger partial charge < -0.3 is 4.90 Å². The molecule has 0 radical (unpaired) electrons. The van der Waals surface area contributed by atoms with E-state index < -0.39 is 0 Å². The van der Waals surface area contributed by atoms with Gasteiger partial charge in [-0.05, 0) is 64.8 Å². The Hall–Kier alpha value is -1.94. The SMILES string of the molecule is Cc1cc(C)n(-c2cccc(C(=O)C3CC4CCC(C3)N4C)c2)n1. The normalized spacial score (nSPS) is 26.7. The molecule has 0 spiro atoms. The molecular formula is C20H25N3O. The van der Waals surface area contributed by atoms with Gasteiger partial charge >= 0.3 is 0 Å². The topological polar surface area (TPSA) is 38.1 Å². The van der Waals surface area contributed by atoms with Gasteiger partial charge in [-0.2, -0.15) is 5.10 Å². The molecule has 4 nitrogen and oxygen atoms in total. The second-order valence-electron chi connectivity index (χ2n) is 7.47. The highest BCUT2D eigenvalue weighted by Gasteiger charge is 2.40. The van der Waals surface area contributed by atoms with Gasteiger partial charge in [0.15, 0.2) is 5.78 Å². The van der Waals surface area contributed by atoms with Gasteiger partial charge in [-0.1, -0.05) is 12.1 Å². The second kappa shape index (κ2) is 5.85. The zero-order valence-electron chi connectivity index (χ0n) is 14.7. The number of benzene rings is 1. The summed E-state index contributed by atoms with van der Waals surface area (Å²) in [5.41, 5.74) is 3.89. The molecule has 2 saturated heterocycles. The van der Waals surface area contributed by atoms with Gasteiger partial charge in [0, 0.05) is 29.3 Å². The number of piperidine rings is 1. The summed E-state index contributed by atoms with van der Waals surface area (Å²) in [5, 5.41) is 4.54. The van der Waals surface area contributed by atoms with Gasteiger partial charge in [0.25, 0.3) is 0 Å². The van der Waals surface area contributed by atoms with Crippen LogP contribution in [0.4, 0.5) is 0 Å². The van der Waals surface area contributed by atoms with Gasteiger partial charge in [-0.15, -0.1) is 0 Å². The van der Waals surface area contributed by atoms with E-state index in [2.05, 4.69) is 23.1 Å². The Balaban J connectivity index is 1.60. The van der Waals surface area contributed by atoms with Crippen molar-refractivity contribution in [3.63, 3.8) is 0 Å². The Labute approximate surface area is 143 Å². The number of hydrogen-bond acceptors (Lipinski definition) is 3. The Morgan fingerprint density at radius 1 is 1.12 bits per heavy atom. The quantitative estimate of drug-likeness (QED) is 0.811. The Morgan fingerprint density at radius 2 is 1.83 bits per heavy atom. The van der Waals surface area contributed by atoms with Gasteiger partial charge in [-0.3, -0.25) is 4.79 Å². The van der Waals surface area contributed by atoms with Crippen LogP contribution in [-0.2, 0) is 0 Å². The summed E-state index contributed by atoms with van der Waals surface area (Å²) in [4.78, 5) is 15.5. The summed E-state index contributed by atoms with van der Waals surface area (Å²) in [5.74, 6) is 0.484. The van der Waals surface area contributed by atoms with Gasteiger partial charge in [0.05, 0.1) is 11.4 Å². The smallest absolute Gasteiger partial charge is 0.166 e. The van der Waals surface area contributed by atoms with E-state index in [1.165, 1.54) is 12.8 Å². The van der Waals surface area contributed by atoms with Crippen molar-refractivity contribution in [2.45, 2.75) is 51.6 Å². The van der Waals surface area contributed by atoms with Crippen molar-refractivity contribution >= 4 is 5.78 Å². The predicted octanol–water partition coefficient (Wildman–Crippen LogP) is 3.54. The number of ketones is 1. The van der Waals surface area contributed by atoms with Crippen LogP contribution in [0.25, 0.3) is 5.69 Å². The third-order valence-electron chi connectivity index (χ3n) is 5.85. The van der Waals surface area contributed by atoms with Crippen LogP contribution in [0.3, 0.4) is 0 Å². The van der Waals surface area contributed by atoms with E-state index in [0.29, 0.717) is 17.9 Å². The lowest BCUT2D eigenvalue weighted by atomic mass is 9.85. The summed E-state index contributed by atoms with van der Waals surface area (Å²) in [6.07, 6.45) is 4.51. The third kappa shape index (κ3) is 2.59. The second-order valence-corrected chi connectivity index (χ2v) is 7.47. The summed E-state index contributed by atoms with van der Waals surface area (Å²) >= 11 is 0. The maximum Gasteiger partial charge on any atom is 0.166 e. The average molecular weight is 323 g/mol. The number of aryl methyl sites for hydroxylation is 2. The molecule has 2 atom stereocenters. The van der Waals surface area contributed by atoms with Gasteiger partial charge in [-0.25, -0.2) is 4.68 Å². The molecule has 2 aliphatic rings. The van der Waals surface area contributed by atoms with Gasteiger partial charge in [0.1, 0.15) is 0 Å². The Morgan fingerprint density at radius 3 is 2.46 bits per heavy atom. The number of carbonyl (C=O) groups excluding carboxylic acids is 1.